The number of anilines is 1. The summed E-state index contributed by atoms with van der Waals surface area (Å²) in [6.45, 7) is 6.77. The average molecular weight is 408 g/mol. The van der Waals surface area contributed by atoms with Gasteiger partial charge in [0.2, 0.25) is 0 Å². The van der Waals surface area contributed by atoms with Crippen LogP contribution in [0, 0.1) is 13.8 Å². The topological polar surface area (TPSA) is 78.2 Å². The molecule has 0 aliphatic carbocycles. The van der Waals surface area contributed by atoms with Crippen molar-refractivity contribution in [2.75, 3.05) is 31.2 Å². The van der Waals surface area contributed by atoms with Crippen molar-refractivity contribution in [3.63, 3.8) is 0 Å². The van der Waals surface area contributed by atoms with Crippen molar-refractivity contribution in [3.8, 4) is 17.2 Å². The van der Waals surface area contributed by atoms with E-state index in [1.807, 2.05) is 32.0 Å². The lowest BCUT2D eigenvalue weighted by Crippen LogP contribution is -2.39. The Morgan fingerprint density at radius 3 is 2.70 bits per heavy atom. The third-order valence-electron chi connectivity index (χ3n) is 5.59. The van der Waals surface area contributed by atoms with E-state index in [4.69, 9.17) is 14.2 Å². The van der Waals surface area contributed by atoms with Crippen molar-refractivity contribution in [1.82, 2.24) is 14.6 Å². The lowest BCUT2D eigenvalue weighted by molar-refractivity contribution is 0.158. The first kappa shape index (κ1) is 18.7. The van der Waals surface area contributed by atoms with Gasteiger partial charge in [-0.3, -0.25) is 4.79 Å². The number of hydrogen-bond donors (Lipinski definition) is 0. The number of rotatable bonds is 3. The smallest absolute Gasteiger partial charge is 0.274 e. The summed E-state index contributed by atoms with van der Waals surface area (Å²) in [5.41, 5.74) is 2.42. The summed E-state index contributed by atoms with van der Waals surface area (Å²) in [5, 5.41) is 4.56. The van der Waals surface area contributed by atoms with Gasteiger partial charge in [-0.2, -0.15) is 4.52 Å². The molecule has 2 aromatic heterocycles. The maximum absolute atomic E-state index is 12.1. The van der Waals surface area contributed by atoms with Gasteiger partial charge in [0, 0.05) is 44.3 Å². The molecule has 0 spiro atoms. The van der Waals surface area contributed by atoms with Gasteiger partial charge in [-0.05, 0) is 37.1 Å². The molecule has 4 heterocycles. The van der Waals surface area contributed by atoms with Crippen molar-refractivity contribution < 1.29 is 14.2 Å². The van der Waals surface area contributed by atoms with E-state index in [1.165, 1.54) is 16.8 Å². The molecule has 0 bridgehead atoms. The van der Waals surface area contributed by atoms with Crippen LogP contribution in [0.2, 0.25) is 0 Å². The van der Waals surface area contributed by atoms with E-state index in [-0.39, 0.29) is 11.7 Å². The molecule has 30 heavy (non-hydrogen) atoms. The van der Waals surface area contributed by atoms with E-state index in [2.05, 4.69) is 15.0 Å². The van der Waals surface area contributed by atoms with Gasteiger partial charge in [-0.25, -0.2) is 4.98 Å². The molecule has 2 aliphatic rings. The Balaban J connectivity index is 1.30. The molecule has 5 rings (SSSR count). The fourth-order valence-corrected chi connectivity index (χ4v) is 4.10. The van der Waals surface area contributed by atoms with Crippen molar-refractivity contribution in [2.45, 2.75) is 32.8 Å². The van der Waals surface area contributed by atoms with Crippen LogP contribution < -0.4 is 24.7 Å². The molecule has 0 amide bonds. The number of nitrogens with zero attached hydrogens (tertiary/aromatic N) is 4. The minimum atomic E-state index is -0.173. The Kier molecular flexibility index (Phi) is 4.69. The van der Waals surface area contributed by atoms with Crippen LogP contribution in [-0.4, -0.2) is 47.0 Å². The zero-order valence-electron chi connectivity index (χ0n) is 17.1. The first-order chi connectivity index (χ1) is 14.6. The maximum Gasteiger partial charge on any atom is 0.274 e. The second-order valence-electron chi connectivity index (χ2n) is 7.77. The van der Waals surface area contributed by atoms with Gasteiger partial charge in [0.25, 0.3) is 5.56 Å². The molecule has 3 aromatic rings. The SMILES string of the molecule is Cc1cc2nccc(=O)n2nc1N1CCC(Oc2cc(C)c3c(c2)OCCO3)CC1. The van der Waals surface area contributed by atoms with Crippen LogP contribution >= 0.6 is 0 Å². The Hall–Kier alpha value is -3.29. The van der Waals surface area contributed by atoms with Crippen molar-refractivity contribution in [2.24, 2.45) is 0 Å². The number of piperidine rings is 1. The number of ether oxygens (including phenoxy) is 3. The zero-order valence-corrected chi connectivity index (χ0v) is 17.1. The lowest BCUT2D eigenvalue weighted by atomic mass is 10.1. The predicted molar refractivity (Wildman–Crippen MR) is 112 cm³/mol. The fraction of sp³-hybridized carbons (Fsp3) is 0.409. The fourth-order valence-electron chi connectivity index (χ4n) is 4.10. The molecule has 0 N–H and O–H groups in total. The van der Waals surface area contributed by atoms with E-state index in [9.17, 15) is 4.79 Å². The van der Waals surface area contributed by atoms with Crippen molar-refractivity contribution in [3.05, 3.63) is 51.9 Å². The molecular weight excluding hydrogens is 384 g/mol. The normalized spacial score (nSPS) is 16.7. The van der Waals surface area contributed by atoms with Gasteiger partial charge in [-0.1, -0.05) is 0 Å². The van der Waals surface area contributed by atoms with E-state index in [1.54, 1.807) is 0 Å². The van der Waals surface area contributed by atoms with Gasteiger partial charge in [-0.15, -0.1) is 5.10 Å². The summed E-state index contributed by atoms with van der Waals surface area (Å²) in [5.74, 6) is 3.20. The third-order valence-corrected chi connectivity index (χ3v) is 5.59. The summed E-state index contributed by atoms with van der Waals surface area (Å²) in [7, 11) is 0. The largest absolute Gasteiger partial charge is 0.490 e. The number of hydrogen-bond acceptors (Lipinski definition) is 7. The molecule has 156 valence electrons. The first-order valence-electron chi connectivity index (χ1n) is 10.3. The monoisotopic (exact) mass is 408 g/mol. The van der Waals surface area contributed by atoms with Crippen molar-refractivity contribution >= 4 is 11.5 Å². The summed E-state index contributed by atoms with van der Waals surface area (Å²) < 4.78 is 19.0. The van der Waals surface area contributed by atoms with Gasteiger partial charge in [0.05, 0.1) is 0 Å². The minimum absolute atomic E-state index is 0.119. The average Bonchev–Trinajstić information content (AvgIpc) is 2.74. The molecule has 0 atom stereocenters. The van der Waals surface area contributed by atoms with Gasteiger partial charge in [0.1, 0.15) is 25.1 Å². The number of aryl methyl sites for hydroxylation is 2. The quantitative estimate of drug-likeness (QED) is 0.659. The van der Waals surface area contributed by atoms with E-state index in [0.29, 0.717) is 18.9 Å². The van der Waals surface area contributed by atoms with E-state index < -0.39 is 0 Å². The molecule has 1 aromatic carbocycles. The zero-order chi connectivity index (χ0) is 20.7. The Bertz CT molecular complexity index is 1150. The molecule has 0 radical (unpaired) electrons. The summed E-state index contributed by atoms with van der Waals surface area (Å²) in [6.07, 6.45) is 3.37. The molecule has 0 saturated carbocycles. The van der Waals surface area contributed by atoms with Gasteiger partial charge >= 0.3 is 0 Å². The minimum Gasteiger partial charge on any atom is -0.490 e. The molecule has 8 nitrogen and oxygen atoms in total. The molecular formula is C22H24N4O4. The molecule has 1 fully saturated rings. The van der Waals surface area contributed by atoms with Gasteiger partial charge < -0.3 is 19.1 Å². The van der Waals surface area contributed by atoms with Crippen LogP contribution in [0.1, 0.15) is 24.0 Å². The molecule has 8 heteroatoms. The van der Waals surface area contributed by atoms with Crippen LogP contribution in [0.4, 0.5) is 5.82 Å². The highest BCUT2D eigenvalue weighted by atomic mass is 16.6. The highest BCUT2D eigenvalue weighted by Gasteiger charge is 2.24. The van der Waals surface area contributed by atoms with Crippen LogP contribution in [0.15, 0.2) is 35.3 Å². The number of benzene rings is 1. The molecule has 1 saturated heterocycles. The molecule has 2 aliphatic heterocycles. The highest BCUT2D eigenvalue weighted by molar-refractivity contribution is 5.53. The van der Waals surface area contributed by atoms with E-state index >= 15 is 0 Å². The summed E-state index contributed by atoms with van der Waals surface area (Å²) in [4.78, 5) is 18.6. The summed E-state index contributed by atoms with van der Waals surface area (Å²) >= 11 is 0. The van der Waals surface area contributed by atoms with Crippen LogP contribution in [0.5, 0.6) is 17.2 Å². The Morgan fingerprint density at radius 2 is 1.87 bits per heavy atom. The van der Waals surface area contributed by atoms with Gasteiger partial charge in [0.15, 0.2) is 23.0 Å². The standard InChI is InChI=1S/C22H24N4O4/c1-14-11-17(13-18-21(14)29-10-9-28-18)30-16-4-7-25(8-5-16)22-15(2)12-19-23-6-3-20(27)26(19)24-22/h3,6,11-13,16H,4-5,7-10H2,1-2H3. The van der Waals surface area contributed by atoms with Crippen LogP contribution in [0.25, 0.3) is 5.65 Å². The lowest BCUT2D eigenvalue weighted by Gasteiger charge is -2.33. The first-order valence-corrected chi connectivity index (χ1v) is 10.3. The third kappa shape index (κ3) is 3.42. The van der Waals surface area contributed by atoms with Crippen LogP contribution in [0.3, 0.4) is 0 Å². The number of aromatic nitrogens is 3. The second-order valence-corrected chi connectivity index (χ2v) is 7.77. The highest BCUT2D eigenvalue weighted by Crippen LogP contribution is 2.38. The van der Waals surface area contributed by atoms with Crippen LogP contribution in [-0.2, 0) is 0 Å². The summed E-state index contributed by atoms with van der Waals surface area (Å²) in [6, 6.07) is 7.26. The second kappa shape index (κ2) is 7.51. The predicted octanol–water partition coefficient (Wildman–Crippen LogP) is 2.53. The Morgan fingerprint density at radius 1 is 1.07 bits per heavy atom. The van der Waals surface area contributed by atoms with Crippen molar-refractivity contribution in [1.29, 1.82) is 0 Å². The number of fused-ring (bicyclic) bond motifs is 2. The molecule has 0 unspecified atom stereocenters. The maximum atomic E-state index is 12.1. The van der Waals surface area contributed by atoms with E-state index in [0.717, 1.165) is 60.1 Å². The Labute approximate surface area is 174 Å².